The highest BCUT2D eigenvalue weighted by Crippen LogP contribution is 2.33. The zero-order chi connectivity index (χ0) is 29.9. The average Bonchev–Trinajstić information content (AvgIpc) is 2.98. The van der Waals surface area contributed by atoms with Gasteiger partial charge >= 0.3 is 6.09 Å². The molecule has 0 spiro atoms. The average molecular weight is 574 g/mol. The van der Waals surface area contributed by atoms with E-state index in [1.165, 1.54) is 0 Å². The Kier molecular flexibility index (Phi) is 8.60. The third-order valence-corrected chi connectivity index (χ3v) is 7.27. The highest BCUT2D eigenvalue weighted by Gasteiger charge is 2.34. The Labute approximate surface area is 246 Å². The van der Waals surface area contributed by atoms with Crippen LogP contribution in [0.4, 0.5) is 27.7 Å². The van der Waals surface area contributed by atoms with Crippen molar-refractivity contribution in [3.05, 3.63) is 48.5 Å². The van der Waals surface area contributed by atoms with Gasteiger partial charge in [-0.15, -0.1) is 0 Å². The standard InChI is InChI=1S/C31H39N7O4/c1-31(2,3)42-30(40)38(29(39)21-8-6-12-34-19-21)22-9-4-7-20(17-22)25-18-26(37-13-15-41-16-14-37)36-28(35-25)23-10-5-11-24(32)27(23)33/h4-5,7,9-11,17-18,21,34H,6,8,12-16,19,32-33H2,1-3H3. The Balaban J connectivity index is 1.59. The molecule has 2 amide bonds. The molecule has 42 heavy (non-hydrogen) atoms. The number of anilines is 4. The fraction of sp³-hybridized carbons (Fsp3) is 0.419. The number of amides is 2. The van der Waals surface area contributed by atoms with Gasteiger partial charge in [0, 0.05) is 36.8 Å². The van der Waals surface area contributed by atoms with Crippen molar-refractivity contribution in [2.75, 3.05) is 60.7 Å². The van der Waals surface area contributed by atoms with E-state index in [4.69, 9.17) is 30.9 Å². The monoisotopic (exact) mass is 573 g/mol. The predicted molar refractivity (Wildman–Crippen MR) is 164 cm³/mol. The molecule has 11 heteroatoms. The number of carbonyl (C=O) groups excluding carboxylic acids is 2. The number of hydrogen-bond donors (Lipinski definition) is 3. The first kappa shape index (κ1) is 29.3. The van der Waals surface area contributed by atoms with Crippen LogP contribution in [0.1, 0.15) is 33.6 Å². The second kappa shape index (κ2) is 12.3. The molecule has 0 radical (unpaired) electrons. The lowest BCUT2D eigenvalue weighted by molar-refractivity contribution is -0.122. The molecule has 3 aromatic rings. The van der Waals surface area contributed by atoms with Gasteiger partial charge in [-0.05, 0) is 64.4 Å². The Morgan fingerprint density at radius 3 is 2.55 bits per heavy atom. The number of morpholine rings is 1. The number of nitrogen functional groups attached to an aromatic ring is 2. The number of benzene rings is 2. The highest BCUT2D eigenvalue weighted by molar-refractivity contribution is 6.13. The summed E-state index contributed by atoms with van der Waals surface area (Å²) in [5, 5.41) is 3.26. The lowest BCUT2D eigenvalue weighted by Gasteiger charge is -2.30. The fourth-order valence-corrected chi connectivity index (χ4v) is 5.11. The van der Waals surface area contributed by atoms with Crippen molar-refractivity contribution in [3.8, 4) is 22.6 Å². The van der Waals surface area contributed by atoms with Crippen molar-refractivity contribution < 1.29 is 19.1 Å². The third kappa shape index (κ3) is 6.63. The molecule has 2 saturated heterocycles. The molecule has 5 rings (SSSR count). The van der Waals surface area contributed by atoms with E-state index in [9.17, 15) is 9.59 Å². The van der Waals surface area contributed by atoms with Crippen LogP contribution in [0.5, 0.6) is 0 Å². The molecule has 3 heterocycles. The van der Waals surface area contributed by atoms with Gasteiger partial charge in [0.25, 0.3) is 0 Å². The first-order valence-electron chi connectivity index (χ1n) is 14.3. The van der Waals surface area contributed by atoms with Crippen LogP contribution in [0.25, 0.3) is 22.6 Å². The van der Waals surface area contributed by atoms with Crippen LogP contribution >= 0.6 is 0 Å². The van der Waals surface area contributed by atoms with Crippen LogP contribution < -0.4 is 26.6 Å². The Morgan fingerprint density at radius 1 is 1.07 bits per heavy atom. The zero-order valence-corrected chi connectivity index (χ0v) is 24.4. The number of nitrogens with two attached hydrogens (primary N) is 2. The number of nitrogens with zero attached hydrogens (tertiary/aromatic N) is 4. The summed E-state index contributed by atoms with van der Waals surface area (Å²) in [7, 11) is 0. The van der Waals surface area contributed by atoms with Gasteiger partial charge in [-0.1, -0.05) is 18.2 Å². The maximum absolute atomic E-state index is 13.8. The van der Waals surface area contributed by atoms with Gasteiger partial charge in [-0.25, -0.2) is 19.7 Å². The molecular formula is C31H39N7O4. The van der Waals surface area contributed by atoms with Crippen molar-refractivity contribution in [1.29, 1.82) is 0 Å². The quantitative estimate of drug-likeness (QED) is 0.381. The van der Waals surface area contributed by atoms with Crippen LogP contribution in [-0.4, -0.2) is 67.0 Å². The number of ether oxygens (including phenoxy) is 2. The van der Waals surface area contributed by atoms with E-state index >= 15 is 0 Å². The molecule has 0 aliphatic carbocycles. The third-order valence-electron chi connectivity index (χ3n) is 7.27. The number of piperidine rings is 1. The van der Waals surface area contributed by atoms with Crippen LogP contribution in [-0.2, 0) is 14.3 Å². The second-order valence-corrected chi connectivity index (χ2v) is 11.6. The second-order valence-electron chi connectivity index (χ2n) is 11.6. The van der Waals surface area contributed by atoms with Crippen LogP contribution in [0.3, 0.4) is 0 Å². The van der Waals surface area contributed by atoms with Crippen LogP contribution in [0, 0.1) is 5.92 Å². The van der Waals surface area contributed by atoms with Crippen molar-refractivity contribution in [1.82, 2.24) is 15.3 Å². The van der Waals surface area contributed by atoms with Gasteiger partial charge in [-0.3, -0.25) is 4.79 Å². The SMILES string of the molecule is CC(C)(C)OC(=O)N(C(=O)C1CCCNC1)c1cccc(-c2cc(N3CCOCC3)nc(-c3cccc(N)c3N)n2)c1. The van der Waals surface area contributed by atoms with E-state index < -0.39 is 11.7 Å². The molecule has 0 saturated carbocycles. The summed E-state index contributed by atoms with van der Waals surface area (Å²) in [5.41, 5.74) is 14.9. The van der Waals surface area contributed by atoms with Gasteiger partial charge in [0.05, 0.1) is 41.9 Å². The Hall–Kier alpha value is -4.22. The van der Waals surface area contributed by atoms with E-state index in [1.54, 1.807) is 45.0 Å². The molecule has 1 atom stereocenters. The van der Waals surface area contributed by atoms with E-state index in [2.05, 4.69) is 10.2 Å². The van der Waals surface area contributed by atoms with Crippen molar-refractivity contribution >= 4 is 34.9 Å². The normalized spacial score (nSPS) is 17.5. The lowest BCUT2D eigenvalue weighted by atomic mass is 9.97. The van der Waals surface area contributed by atoms with Crippen molar-refractivity contribution in [2.45, 2.75) is 39.2 Å². The number of aromatic nitrogens is 2. The van der Waals surface area contributed by atoms with E-state index in [1.807, 2.05) is 24.3 Å². The summed E-state index contributed by atoms with van der Waals surface area (Å²) < 4.78 is 11.2. The summed E-state index contributed by atoms with van der Waals surface area (Å²) >= 11 is 0. The first-order chi connectivity index (χ1) is 20.1. The molecule has 1 unspecified atom stereocenters. The summed E-state index contributed by atoms with van der Waals surface area (Å²) in [6, 6.07) is 14.5. The van der Waals surface area contributed by atoms with Crippen molar-refractivity contribution in [2.24, 2.45) is 5.92 Å². The molecule has 5 N–H and O–H groups in total. The van der Waals surface area contributed by atoms with Gasteiger partial charge in [0.2, 0.25) is 5.91 Å². The minimum Gasteiger partial charge on any atom is -0.443 e. The lowest BCUT2D eigenvalue weighted by Crippen LogP contribution is -2.47. The number of imide groups is 1. The number of carbonyl (C=O) groups is 2. The smallest absolute Gasteiger partial charge is 0.421 e. The van der Waals surface area contributed by atoms with Gasteiger partial charge in [0.15, 0.2) is 5.82 Å². The van der Waals surface area contributed by atoms with Crippen LogP contribution in [0.2, 0.25) is 0 Å². The van der Waals surface area contributed by atoms with Gasteiger partial charge in [-0.2, -0.15) is 0 Å². The van der Waals surface area contributed by atoms with Gasteiger partial charge in [0.1, 0.15) is 11.4 Å². The highest BCUT2D eigenvalue weighted by atomic mass is 16.6. The number of rotatable bonds is 5. The maximum atomic E-state index is 13.8. The Morgan fingerprint density at radius 2 is 1.83 bits per heavy atom. The molecule has 0 bridgehead atoms. The maximum Gasteiger partial charge on any atom is 0.421 e. The zero-order valence-electron chi connectivity index (χ0n) is 24.4. The minimum atomic E-state index is -0.774. The predicted octanol–water partition coefficient (Wildman–Crippen LogP) is 4.08. The van der Waals surface area contributed by atoms with E-state index in [-0.39, 0.29) is 11.8 Å². The molecular weight excluding hydrogens is 534 g/mol. The summed E-state index contributed by atoms with van der Waals surface area (Å²) in [5.74, 6) is 0.523. The first-order valence-corrected chi connectivity index (χ1v) is 14.3. The summed E-state index contributed by atoms with van der Waals surface area (Å²) in [4.78, 5) is 40.2. The topological polar surface area (TPSA) is 149 Å². The van der Waals surface area contributed by atoms with Crippen LogP contribution in [0.15, 0.2) is 48.5 Å². The summed E-state index contributed by atoms with van der Waals surface area (Å²) in [6.07, 6.45) is 0.852. The van der Waals surface area contributed by atoms with Gasteiger partial charge < -0.3 is 31.2 Å². The number of nitrogens with one attached hydrogen (secondary N) is 1. The molecule has 2 fully saturated rings. The molecule has 1 aromatic heterocycles. The molecule has 11 nitrogen and oxygen atoms in total. The molecule has 2 aliphatic rings. The molecule has 2 aromatic carbocycles. The molecule has 2 aliphatic heterocycles. The van der Waals surface area contributed by atoms with E-state index in [0.29, 0.717) is 79.0 Å². The Bertz CT molecular complexity index is 1440. The number of para-hydroxylation sites is 1. The minimum absolute atomic E-state index is 0.293. The van der Waals surface area contributed by atoms with Crippen molar-refractivity contribution in [3.63, 3.8) is 0 Å². The van der Waals surface area contributed by atoms with E-state index in [0.717, 1.165) is 23.7 Å². The largest absolute Gasteiger partial charge is 0.443 e. The molecule has 222 valence electrons. The summed E-state index contributed by atoms with van der Waals surface area (Å²) in [6.45, 7) is 9.25. The fourth-order valence-electron chi connectivity index (χ4n) is 5.11. The number of hydrogen-bond acceptors (Lipinski definition) is 10.